The van der Waals surface area contributed by atoms with Gasteiger partial charge < -0.3 is 15.5 Å². The molecule has 0 atom stereocenters. The van der Waals surface area contributed by atoms with Gasteiger partial charge in [0, 0.05) is 18.5 Å². The number of urea groups is 1. The van der Waals surface area contributed by atoms with Crippen molar-refractivity contribution >= 4 is 17.6 Å². The lowest BCUT2D eigenvalue weighted by Gasteiger charge is -2.29. The fourth-order valence-electron chi connectivity index (χ4n) is 1.55. The summed E-state index contributed by atoms with van der Waals surface area (Å²) in [5.74, 6) is 0.459. The number of hydrogen-bond donors (Lipinski definition) is 2. The summed E-state index contributed by atoms with van der Waals surface area (Å²) in [5, 5.41) is 5.63. The summed E-state index contributed by atoms with van der Waals surface area (Å²) in [5.41, 5.74) is 0. The van der Waals surface area contributed by atoms with Gasteiger partial charge in [0.1, 0.15) is 0 Å². The Balaban J connectivity index is 2.14. The van der Waals surface area contributed by atoms with Crippen LogP contribution in [0.4, 0.5) is 4.79 Å². The standard InChI is InChI=1S/C9H18ClN3O/c1-13-6-2-8(3-7-13)12-9(14)11-5-4-10/h8H,2-7H2,1H3,(H2,11,12,14). The highest BCUT2D eigenvalue weighted by Crippen LogP contribution is 2.07. The molecule has 0 aromatic rings. The van der Waals surface area contributed by atoms with Crippen LogP contribution in [0.15, 0.2) is 0 Å². The van der Waals surface area contributed by atoms with Gasteiger partial charge in [-0.25, -0.2) is 4.79 Å². The van der Waals surface area contributed by atoms with E-state index in [2.05, 4.69) is 22.6 Å². The lowest BCUT2D eigenvalue weighted by atomic mass is 10.1. The quantitative estimate of drug-likeness (QED) is 0.684. The molecule has 1 aliphatic heterocycles. The molecule has 1 rings (SSSR count). The van der Waals surface area contributed by atoms with Crippen molar-refractivity contribution in [2.75, 3.05) is 32.6 Å². The molecule has 4 nitrogen and oxygen atoms in total. The highest BCUT2D eigenvalue weighted by atomic mass is 35.5. The van der Waals surface area contributed by atoms with Gasteiger partial charge in [0.15, 0.2) is 0 Å². The number of nitrogens with one attached hydrogen (secondary N) is 2. The van der Waals surface area contributed by atoms with Crippen LogP contribution in [0.3, 0.4) is 0 Å². The van der Waals surface area contributed by atoms with E-state index in [1.807, 2.05) is 0 Å². The molecule has 14 heavy (non-hydrogen) atoms. The molecule has 1 aliphatic rings. The molecule has 0 saturated carbocycles. The van der Waals surface area contributed by atoms with Crippen molar-refractivity contribution in [3.63, 3.8) is 0 Å². The number of carbonyl (C=O) groups is 1. The Morgan fingerprint density at radius 1 is 1.50 bits per heavy atom. The van der Waals surface area contributed by atoms with Gasteiger partial charge in [0.25, 0.3) is 0 Å². The second-order valence-corrected chi connectivity index (χ2v) is 4.04. The maximum atomic E-state index is 11.3. The van der Waals surface area contributed by atoms with Gasteiger partial charge in [0.2, 0.25) is 0 Å². The summed E-state index contributed by atoms with van der Waals surface area (Å²) in [6.07, 6.45) is 2.07. The third-order valence-corrected chi connectivity index (χ3v) is 2.62. The minimum Gasteiger partial charge on any atom is -0.337 e. The number of likely N-dealkylation sites (tertiary alicyclic amines) is 1. The van der Waals surface area contributed by atoms with Crippen molar-refractivity contribution in [3.05, 3.63) is 0 Å². The molecule has 5 heteroatoms. The molecule has 1 fully saturated rings. The van der Waals surface area contributed by atoms with E-state index >= 15 is 0 Å². The van der Waals surface area contributed by atoms with Gasteiger partial charge in [-0.15, -0.1) is 11.6 Å². The first-order chi connectivity index (χ1) is 6.72. The highest BCUT2D eigenvalue weighted by Gasteiger charge is 2.17. The SMILES string of the molecule is CN1CCC(NC(=O)NCCCl)CC1. The fourth-order valence-corrected chi connectivity index (χ4v) is 1.64. The summed E-state index contributed by atoms with van der Waals surface area (Å²) in [7, 11) is 2.10. The Kier molecular flexibility index (Phi) is 5.04. The van der Waals surface area contributed by atoms with E-state index in [1.165, 1.54) is 0 Å². The zero-order valence-corrected chi connectivity index (χ0v) is 9.31. The Bertz CT molecular complexity index is 181. The van der Waals surface area contributed by atoms with E-state index in [4.69, 9.17) is 11.6 Å². The van der Waals surface area contributed by atoms with Crippen molar-refractivity contribution in [1.82, 2.24) is 15.5 Å². The third kappa shape index (κ3) is 4.15. The summed E-state index contributed by atoms with van der Waals surface area (Å²) in [6.45, 7) is 2.64. The third-order valence-electron chi connectivity index (χ3n) is 2.43. The first-order valence-electron chi connectivity index (χ1n) is 5.01. The van der Waals surface area contributed by atoms with Gasteiger partial charge in [-0.3, -0.25) is 0 Å². The van der Waals surface area contributed by atoms with Crippen LogP contribution in [0.5, 0.6) is 0 Å². The van der Waals surface area contributed by atoms with Crippen LogP contribution in [-0.2, 0) is 0 Å². The molecular formula is C9H18ClN3O. The maximum absolute atomic E-state index is 11.3. The number of rotatable bonds is 3. The molecule has 0 spiro atoms. The summed E-state index contributed by atoms with van der Waals surface area (Å²) in [6, 6.07) is 0.224. The minimum absolute atomic E-state index is 0.0970. The van der Waals surface area contributed by atoms with Crippen LogP contribution in [-0.4, -0.2) is 49.5 Å². The zero-order valence-electron chi connectivity index (χ0n) is 8.55. The number of carbonyl (C=O) groups excluding carboxylic acids is 1. The Labute approximate surface area is 90.0 Å². The Morgan fingerprint density at radius 3 is 2.71 bits per heavy atom. The number of amides is 2. The Hall–Kier alpha value is -0.480. The van der Waals surface area contributed by atoms with Crippen molar-refractivity contribution in [1.29, 1.82) is 0 Å². The molecule has 0 bridgehead atoms. The maximum Gasteiger partial charge on any atom is 0.315 e. The monoisotopic (exact) mass is 219 g/mol. The van der Waals surface area contributed by atoms with E-state index in [1.54, 1.807) is 0 Å². The average molecular weight is 220 g/mol. The number of piperidine rings is 1. The predicted octanol–water partition coefficient (Wildman–Crippen LogP) is 0.619. The van der Waals surface area contributed by atoms with Crippen molar-refractivity contribution in [2.45, 2.75) is 18.9 Å². The molecule has 1 saturated heterocycles. The number of nitrogens with zero attached hydrogens (tertiary/aromatic N) is 1. The number of alkyl halides is 1. The van der Waals surface area contributed by atoms with Crippen LogP contribution in [0.2, 0.25) is 0 Å². The molecule has 82 valence electrons. The van der Waals surface area contributed by atoms with Crippen LogP contribution >= 0.6 is 11.6 Å². The van der Waals surface area contributed by atoms with Gasteiger partial charge in [-0.05, 0) is 33.0 Å². The van der Waals surface area contributed by atoms with Crippen LogP contribution in [0.25, 0.3) is 0 Å². The first-order valence-corrected chi connectivity index (χ1v) is 5.54. The van der Waals surface area contributed by atoms with Crippen molar-refractivity contribution in [2.24, 2.45) is 0 Å². The van der Waals surface area contributed by atoms with Gasteiger partial charge in [-0.1, -0.05) is 0 Å². The van der Waals surface area contributed by atoms with Crippen molar-refractivity contribution < 1.29 is 4.79 Å². The van der Waals surface area contributed by atoms with Crippen molar-refractivity contribution in [3.8, 4) is 0 Å². The van der Waals surface area contributed by atoms with Crippen LogP contribution in [0.1, 0.15) is 12.8 Å². The average Bonchev–Trinajstić information content (AvgIpc) is 2.18. The number of hydrogen-bond acceptors (Lipinski definition) is 2. The lowest BCUT2D eigenvalue weighted by Crippen LogP contribution is -2.47. The fraction of sp³-hybridized carbons (Fsp3) is 0.889. The van der Waals surface area contributed by atoms with E-state index in [0.29, 0.717) is 18.5 Å². The van der Waals surface area contributed by atoms with Gasteiger partial charge >= 0.3 is 6.03 Å². The molecule has 0 aliphatic carbocycles. The summed E-state index contributed by atoms with van der Waals surface area (Å²) >= 11 is 5.46. The molecule has 2 amide bonds. The Morgan fingerprint density at radius 2 is 2.14 bits per heavy atom. The minimum atomic E-state index is -0.0970. The second-order valence-electron chi connectivity index (χ2n) is 3.67. The van der Waals surface area contributed by atoms with E-state index in [9.17, 15) is 4.79 Å². The lowest BCUT2D eigenvalue weighted by molar-refractivity contribution is 0.214. The number of halogens is 1. The second kappa shape index (κ2) is 6.09. The van der Waals surface area contributed by atoms with Crippen LogP contribution in [0, 0.1) is 0 Å². The smallest absolute Gasteiger partial charge is 0.315 e. The van der Waals surface area contributed by atoms with E-state index < -0.39 is 0 Å². The highest BCUT2D eigenvalue weighted by molar-refractivity contribution is 6.18. The largest absolute Gasteiger partial charge is 0.337 e. The normalized spacial score (nSPS) is 19.3. The zero-order chi connectivity index (χ0) is 10.4. The summed E-state index contributed by atoms with van der Waals surface area (Å²) in [4.78, 5) is 13.5. The predicted molar refractivity (Wildman–Crippen MR) is 57.8 cm³/mol. The molecule has 0 radical (unpaired) electrons. The molecule has 2 N–H and O–H groups in total. The van der Waals surface area contributed by atoms with E-state index in [0.717, 1.165) is 25.9 Å². The molecule has 0 aromatic carbocycles. The topological polar surface area (TPSA) is 44.4 Å². The van der Waals surface area contributed by atoms with Crippen LogP contribution < -0.4 is 10.6 Å². The van der Waals surface area contributed by atoms with Gasteiger partial charge in [-0.2, -0.15) is 0 Å². The van der Waals surface area contributed by atoms with E-state index in [-0.39, 0.29) is 6.03 Å². The molecule has 0 aromatic heterocycles. The molecular weight excluding hydrogens is 202 g/mol. The van der Waals surface area contributed by atoms with Gasteiger partial charge in [0.05, 0.1) is 0 Å². The summed E-state index contributed by atoms with van der Waals surface area (Å²) < 4.78 is 0. The first kappa shape index (κ1) is 11.6. The molecule has 1 heterocycles. The molecule has 0 unspecified atom stereocenters.